The van der Waals surface area contributed by atoms with Crippen LogP contribution in [0.3, 0.4) is 0 Å². The molecule has 21 heavy (non-hydrogen) atoms. The van der Waals surface area contributed by atoms with E-state index in [0.29, 0.717) is 17.4 Å². The molecule has 0 spiro atoms. The van der Waals surface area contributed by atoms with E-state index in [4.69, 9.17) is 5.73 Å². The third kappa shape index (κ3) is 5.20. The van der Waals surface area contributed by atoms with Gasteiger partial charge in [0.2, 0.25) is 10.0 Å². The highest BCUT2D eigenvalue weighted by Crippen LogP contribution is 2.23. The molecular weight excluding hydrogens is 326 g/mol. The average Bonchev–Trinajstić information content (AvgIpc) is 2.52. The lowest BCUT2D eigenvalue weighted by atomic mass is 10.3. The van der Waals surface area contributed by atoms with Crippen LogP contribution in [0.4, 0.5) is 0 Å². The van der Waals surface area contributed by atoms with Crippen molar-refractivity contribution < 1.29 is 8.42 Å². The van der Waals surface area contributed by atoms with Gasteiger partial charge in [0.15, 0.2) is 0 Å². The van der Waals surface area contributed by atoms with Crippen molar-refractivity contribution in [2.45, 2.75) is 10.1 Å². The zero-order valence-electron chi connectivity index (χ0n) is 11.4. The van der Waals surface area contributed by atoms with Crippen LogP contribution in [0.5, 0.6) is 0 Å². The van der Waals surface area contributed by atoms with Gasteiger partial charge in [-0.05, 0) is 6.07 Å². The minimum absolute atomic E-state index is 0.139. The summed E-state index contributed by atoms with van der Waals surface area (Å²) in [6.45, 7) is 0.671. The maximum absolute atomic E-state index is 12.3. The molecule has 5 nitrogen and oxygen atoms in total. The second-order valence-electron chi connectivity index (χ2n) is 4.33. The third-order valence-electron chi connectivity index (χ3n) is 2.74. The van der Waals surface area contributed by atoms with Crippen molar-refractivity contribution in [3.8, 4) is 11.8 Å². The Morgan fingerprint density at radius 3 is 3.00 bits per heavy atom. The molecule has 0 saturated carbocycles. The van der Waals surface area contributed by atoms with Gasteiger partial charge in [-0.1, -0.05) is 11.8 Å². The lowest BCUT2D eigenvalue weighted by Gasteiger charge is -2.21. The van der Waals surface area contributed by atoms with Crippen molar-refractivity contribution in [1.82, 2.24) is 9.71 Å². The summed E-state index contributed by atoms with van der Waals surface area (Å²) in [6.07, 6.45) is 2.86. The summed E-state index contributed by atoms with van der Waals surface area (Å²) in [7, 11) is -3.54. The van der Waals surface area contributed by atoms with Gasteiger partial charge in [-0.2, -0.15) is 23.5 Å². The molecule has 8 heteroatoms. The predicted octanol–water partition coefficient (Wildman–Crippen LogP) is 0.519. The summed E-state index contributed by atoms with van der Waals surface area (Å²) in [4.78, 5) is 4.07. The van der Waals surface area contributed by atoms with E-state index in [1.165, 1.54) is 18.5 Å². The first-order chi connectivity index (χ1) is 10.1. The van der Waals surface area contributed by atoms with Crippen LogP contribution >= 0.6 is 23.5 Å². The monoisotopic (exact) mass is 343 g/mol. The highest BCUT2D eigenvalue weighted by atomic mass is 32.2. The topological polar surface area (TPSA) is 85.1 Å². The fourth-order valence-corrected chi connectivity index (χ4v) is 5.51. The molecule has 1 unspecified atom stereocenters. The van der Waals surface area contributed by atoms with Gasteiger partial charge in [0.25, 0.3) is 0 Å². The van der Waals surface area contributed by atoms with Crippen molar-refractivity contribution in [3.63, 3.8) is 0 Å². The Labute approximate surface area is 133 Å². The van der Waals surface area contributed by atoms with Crippen molar-refractivity contribution in [3.05, 3.63) is 24.0 Å². The van der Waals surface area contributed by atoms with Crippen LogP contribution in [-0.2, 0) is 10.0 Å². The number of pyridine rings is 1. The number of hydrogen-bond acceptors (Lipinski definition) is 6. The van der Waals surface area contributed by atoms with Gasteiger partial charge in [0.05, 0.1) is 6.54 Å². The second-order valence-corrected chi connectivity index (χ2v) is 8.66. The van der Waals surface area contributed by atoms with E-state index in [0.717, 1.165) is 17.3 Å². The molecule has 0 radical (unpaired) electrons. The van der Waals surface area contributed by atoms with Gasteiger partial charge in [0.1, 0.15) is 4.90 Å². The van der Waals surface area contributed by atoms with E-state index in [2.05, 4.69) is 21.5 Å². The lowest BCUT2D eigenvalue weighted by molar-refractivity contribution is 0.581. The first-order valence-corrected chi connectivity index (χ1v) is 10.1. The van der Waals surface area contributed by atoms with E-state index in [-0.39, 0.29) is 11.4 Å². The van der Waals surface area contributed by atoms with Crippen LogP contribution in [0.1, 0.15) is 5.56 Å². The molecule has 0 aromatic carbocycles. The van der Waals surface area contributed by atoms with E-state index in [1.54, 1.807) is 0 Å². The quantitative estimate of drug-likeness (QED) is 0.775. The smallest absolute Gasteiger partial charge is 0.242 e. The van der Waals surface area contributed by atoms with Gasteiger partial charge in [-0.25, -0.2) is 13.1 Å². The lowest BCUT2D eigenvalue weighted by Crippen LogP contribution is -2.33. The first-order valence-electron chi connectivity index (χ1n) is 6.45. The number of nitrogens with zero attached hydrogens (tertiary/aromatic N) is 1. The number of aromatic nitrogens is 1. The number of nitrogens with one attached hydrogen (secondary N) is 1. The van der Waals surface area contributed by atoms with Crippen LogP contribution in [0, 0.1) is 11.8 Å². The van der Waals surface area contributed by atoms with Crippen LogP contribution in [0.2, 0.25) is 0 Å². The molecule has 1 atom stereocenters. The first kappa shape index (κ1) is 16.6. The number of thioether (sulfide) groups is 2. The van der Waals surface area contributed by atoms with E-state index >= 15 is 0 Å². The van der Waals surface area contributed by atoms with Crippen LogP contribution in [0.15, 0.2) is 23.4 Å². The third-order valence-corrected chi connectivity index (χ3v) is 6.98. The molecule has 1 aromatic rings. The highest BCUT2D eigenvalue weighted by molar-refractivity contribution is 8.06. The average molecular weight is 343 g/mol. The summed E-state index contributed by atoms with van der Waals surface area (Å²) in [5.41, 5.74) is 5.85. The predicted molar refractivity (Wildman–Crippen MR) is 88.9 cm³/mol. The fraction of sp³-hybridized carbons (Fsp3) is 0.462. The molecule has 0 aliphatic carbocycles. The van der Waals surface area contributed by atoms with Gasteiger partial charge in [0, 0.05) is 47.0 Å². The SMILES string of the molecule is NCC#Cc1cncc(S(=O)(=O)NCC2CSCCS2)c1. The zero-order chi connectivity index (χ0) is 15.1. The Morgan fingerprint density at radius 1 is 1.43 bits per heavy atom. The maximum atomic E-state index is 12.3. The van der Waals surface area contributed by atoms with E-state index < -0.39 is 10.0 Å². The summed E-state index contributed by atoms with van der Waals surface area (Å²) in [5.74, 6) is 8.66. The molecule has 114 valence electrons. The molecule has 3 N–H and O–H groups in total. The number of rotatable bonds is 4. The Kier molecular flexibility index (Phi) is 6.39. The number of sulfonamides is 1. The molecule has 0 amide bonds. The molecule has 1 saturated heterocycles. The van der Waals surface area contributed by atoms with Crippen molar-refractivity contribution in [2.75, 3.05) is 30.3 Å². The Bertz CT molecular complexity index is 632. The molecule has 2 heterocycles. The molecule has 1 aliphatic rings. The number of nitrogens with two attached hydrogens (primary N) is 1. The molecule has 1 aromatic heterocycles. The largest absolute Gasteiger partial charge is 0.320 e. The van der Waals surface area contributed by atoms with Gasteiger partial charge >= 0.3 is 0 Å². The van der Waals surface area contributed by atoms with Gasteiger partial charge in [-0.15, -0.1) is 0 Å². The van der Waals surface area contributed by atoms with Crippen LogP contribution < -0.4 is 10.5 Å². The standard InChI is InChI=1S/C13H17N3O2S3/c14-3-1-2-11-6-13(9-15-7-11)21(17,18)16-8-12-10-19-4-5-20-12/h6-7,9,12,16H,3-5,8,10,14H2. The minimum atomic E-state index is -3.54. The summed E-state index contributed by atoms with van der Waals surface area (Å²) in [5, 5.41) is 0.326. The van der Waals surface area contributed by atoms with Gasteiger partial charge in [-0.3, -0.25) is 4.98 Å². The van der Waals surface area contributed by atoms with Crippen LogP contribution in [-0.4, -0.2) is 49.0 Å². The second kappa shape index (κ2) is 8.06. The summed E-state index contributed by atoms with van der Waals surface area (Å²) < 4.78 is 27.2. The van der Waals surface area contributed by atoms with Crippen molar-refractivity contribution in [2.24, 2.45) is 5.73 Å². The molecule has 1 fully saturated rings. The molecule has 1 aliphatic heterocycles. The fourth-order valence-electron chi connectivity index (χ4n) is 1.73. The zero-order valence-corrected chi connectivity index (χ0v) is 13.9. The van der Waals surface area contributed by atoms with Crippen molar-refractivity contribution in [1.29, 1.82) is 0 Å². The van der Waals surface area contributed by atoms with Crippen molar-refractivity contribution >= 4 is 33.5 Å². The molecule has 2 rings (SSSR count). The molecular formula is C13H17N3O2S3. The van der Waals surface area contributed by atoms with E-state index in [9.17, 15) is 8.42 Å². The van der Waals surface area contributed by atoms with E-state index in [1.807, 2.05) is 23.5 Å². The molecule has 0 bridgehead atoms. The Balaban J connectivity index is 2.04. The Hall–Kier alpha value is -0.720. The maximum Gasteiger partial charge on any atom is 0.242 e. The highest BCUT2D eigenvalue weighted by Gasteiger charge is 2.19. The Morgan fingerprint density at radius 2 is 2.29 bits per heavy atom. The summed E-state index contributed by atoms with van der Waals surface area (Å²) >= 11 is 3.68. The van der Waals surface area contributed by atoms with Crippen LogP contribution in [0.25, 0.3) is 0 Å². The van der Waals surface area contributed by atoms with Gasteiger partial charge < -0.3 is 5.73 Å². The normalized spacial score (nSPS) is 18.8. The minimum Gasteiger partial charge on any atom is -0.320 e. The number of hydrogen-bond donors (Lipinski definition) is 2. The summed E-state index contributed by atoms with van der Waals surface area (Å²) in [6, 6.07) is 1.51.